The number of hydrogen-bond donors (Lipinski definition) is 13. The van der Waals surface area contributed by atoms with Crippen molar-refractivity contribution in [2.24, 2.45) is 34.8 Å². The van der Waals surface area contributed by atoms with Crippen LogP contribution in [-0.4, -0.2) is 134 Å². The highest BCUT2D eigenvalue weighted by atomic mass is 16.2. The lowest BCUT2D eigenvalue weighted by Gasteiger charge is -2.28. The molecule has 0 bridgehead atoms. The number of benzene rings is 1. The molecule has 400 valence electrons. The van der Waals surface area contributed by atoms with Crippen LogP contribution in [-0.2, 0) is 49.6 Å². The van der Waals surface area contributed by atoms with Crippen LogP contribution in [0.2, 0.25) is 0 Å². The van der Waals surface area contributed by atoms with Gasteiger partial charge in [-0.2, -0.15) is 0 Å². The van der Waals surface area contributed by atoms with E-state index in [2.05, 4.69) is 54.8 Å². The van der Waals surface area contributed by atoms with Crippen LogP contribution in [0, 0.1) is 11.8 Å². The molecule has 1 saturated heterocycles. The van der Waals surface area contributed by atoms with Gasteiger partial charge in [-0.1, -0.05) is 97.1 Å². The Kier molecular flexibility index (Phi) is 29.2. The molecule has 1 aliphatic heterocycles. The Balaban J connectivity index is 2.66. The first kappa shape index (κ1) is 61.4. The third-order valence-electron chi connectivity index (χ3n) is 11.9. The number of hydrogen-bond acceptors (Lipinski definition) is 13. The fourth-order valence-corrected chi connectivity index (χ4v) is 7.97. The Labute approximate surface area is 419 Å². The predicted molar refractivity (Wildman–Crippen MR) is 270 cm³/mol. The van der Waals surface area contributed by atoms with Crippen molar-refractivity contribution in [2.45, 2.75) is 173 Å². The molecular weight excluding hydrogens is 915 g/mol. The van der Waals surface area contributed by atoms with Gasteiger partial charge in [0.2, 0.25) is 53.2 Å². The average molecular weight is 1000 g/mol. The van der Waals surface area contributed by atoms with Crippen LogP contribution >= 0.6 is 0 Å². The van der Waals surface area contributed by atoms with E-state index in [1.54, 1.807) is 30.3 Å². The Morgan fingerprint density at radius 3 is 1.51 bits per heavy atom. The SMILES string of the molecule is CCCCCCCCC(=O)N[C@H](CN)C(=O)N[C@H]1CCNC(=O)[C@H](CC(C)C)NC(=O)[C@H](CCN)NC(=O)[C@H](CCN)NC(=O)[C@H](CC(C)C)NC(=O)[C@@H](Cc2ccccc2)NC(=O)[C@H](CCN)NC1=O. The van der Waals surface area contributed by atoms with Crippen LogP contribution < -0.4 is 70.8 Å². The normalized spacial score (nSPS) is 23.0. The Morgan fingerprint density at radius 1 is 0.577 bits per heavy atom. The van der Waals surface area contributed by atoms with Gasteiger partial charge in [-0.25, -0.2) is 0 Å². The second-order valence-electron chi connectivity index (χ2n) is 19.1. The second kappa shape index (κ2) is 33.8. The summed E-state index contributed by atoms with van der Waals surface area (Å²) < 4.78 is 0. The zero-order chi connectivity index (χ0) is 52.9. The van der Waals surface area contributed by atoms with Crippen LogP contribution in [0.3, 0.4) is 0 Å². The van der Waals surface area contributed by atoms with Gasteiger partial charge in [0.1, 0.15) is 48.3 Å². The molecule has 8 atom stereocenters. The van der Waals surface area contributed by atoms with E-state index >= 15 is 0 Å². The fourth-order valence-electron chi connectivity index (χ4n) is 7.97. The van der Waals surface area contributed by atoms with Crippen molar-refractivity contribution in [1.29, 1.82) is 0 Å². The molecule has 1 aliphatic rings. The Hall–Kier alpha value is -5.71. The lowest BCUT2D eigenvalue weighted by molar-refractivity contribution is -0.136. The van der Waals surface area contributed by atoms with E-state index in [0.29, 0.717) is 12.0 Å². The maximum absolute atomic E-state index is 14.3. The van der Waals surface area contributed by atoms with Gasteiger partial charge in [-0.15, -0.1) is 0 Å². The van der Waals surface area contributed by atoms with Crippen LogP contribution in [0.1, 0.15) is 124 Å². The van der Waals surface area contributed by atoms with Crippen molar-refractivity contribution < 1.29 is 43.2 Å². The van der Waals surface area contributed by atoms with Crippen molar-refractivity contribution in [3.05, 3.63) is 35.9 Å². The number of rotatable bonds is 23. The fraction of sp³-hybridized carbons (Fsp3) is 0.694. The molecule has 0 aliphatic carbocycles. The summed E-state index contributed by atoms with van der Waals surface area (Å²) in [5.74, 6) is -6.70. The molecule has 1 aromatic carbocycles. The number of unbranched alkanes of at least 4 members (excludes halogenated alkanes) is 5. The van der Waals surface area contributed by atoms with Gasteiger partial charge in [-0.05, 0) is 82.0 Å². The van der Waals surface area contributed by atoms with E-state index < -0.39 is 101 Å². The van der Waals surface area contributed by atoms with E-state index in [0.717, 1.165) is 32.1 Å². The summed E-state index contributed by atoms with van der Waals surface area (Å²) in [7, 11) is 0. The molecule has 17 N–H and O–H groups in total. The van der Waals surface area contributed by atoms with E-state index in [4.69, 9.17) is 22.9 Å². The van der Waals surface area contributed by atoms with Crippen molar-refractivity contribution in [3.63, 3.8) is 0 Å². The molecule has 0 radical (unpaired) electrons. The first-order valence-corrected chi connectivity index (χ1v) is 25.4. The Bertz CT molecular complexity index is 1850. The Morgan fingerprint density at radius 2 is 1.01 bits per heavy atom. The van der Waals surface area contributed by atoms with E-state index in [1.165, 1.54) is 0 Å². The summed E-state index contributed by atoms with van der Waals surface area (Å²) in [5, 5.41) is 24.2. The third-order valence-corrected chi connectivity index (χ3v) is 11.9. The van der Waals surface area contributed by atoms with Gasteiger partial charge in [0, 0.05) is 25.9 Å². The van der Waals surface area contributed by atoms with Crippen LogP contribution in [0.15, 0.2) is 30.3 Å². The molecule has 0 saturated carbocycles. The number of carbonyl (C=O) groups is 9. The van der Waals surface area contributed by atoms with Crippen LogP contribution in [0.5, 0.6) is 0 Å². The van der Waals surface area contributed by atoms with Gasteiger partial charge in [0.05, 0.1) is 0 Å². The van der Waals surface area contributed by atoms with Crippen LogP contribution in [0.25, 0.3) is 0 Å². The van der Waals surface area contributed by atoms with Gasteiger partial charge in [0.25, 0.3) is 0 Å². The summed E-state index contributed by atoms with van der Waals surface area (Å²) in [6.45, 7) is 8.75. The van der Waals surface area contributed by atoms with Gasteiger partial charge >= 0.3 is 0 Å². The number of carbonyl (C=O) groups excluding carboxylic acids is 9. The summed E-state index contributed by atoms with van der Waals surface area (Å²) in [4.78, 5) is 125. The van der Waals surface area contributed by atoms with Crippen molar-refractivity contribution >= 4 is 53.2 Å². The maximum Gasteiger partial charge on any atom is 0.244 e. The van der Waals surface area contributed by atoms with Gasteiger partial charge < -0.3 is 70.8 Å². The highest BCUT2D eigenvalue weighted by Crippen LogP contribution is 2.12. The molecule has 1 heterocycles. The van der Waals surface area contributed by atoms with Crippen molar-refractivity contribution in [3.8, 4) is 0 Å². The summed E-state index contributed by atoms with van der Waals surface area (Å²) in [5.41, 5.74) is 24.3. The average Bonchev–Trinajstić information content (AvgIpc) is 3.32. The lowest BCUT2D eigenvalue weighted by atomic mass is 10.00. The highest BCUT2D eigenvalue weighted by molar-refractivity contribution is 5.98. The zero-order valence-electron chi connectivity index (χ0n) is 42.6. The second-order valence-corrected chi connectivity index (χ2v) is 19.1. The summed E-state index contributed by atoms with van der Waals surface area (Å²) >= 11 is 0. The van der Waals surface area contributed by atoms with Crippen LogP contribution in [0.4, 0.5) is 0 Å². The molecule has 22 heteroatoms. The topological polar surface area (TPSA) is 366 Å². The van der Waals surface area contributed by atoms with Crippen molar-refractivity contribution in [1.82, 2.24) is 47.9 Å². The predicted octanol–water partition coefficient (Wildman–Crippen LogP) is -1.52. The zero-order valence-corrected chi connectivity index (χ0v) is 42.6. The molecular formula is C49H85N13O9. The first-order valence-electron chi connectivity index (χ1n) is 25.4. The largest absolute Gasteiger partial charge is 0.354 e. The van der Waals surface area contributed by atoms with Gasteiger partial charge in [-0.3, -0.25) is 43.2 Å². The minimum absolute atomic E-state index is 0.0361. The molecule has 9 amide bonds. The van der Waals surface area contributed by atoms with Crippen molar-refractivity contribution in [2.75, 3.05) is 32.7 Å². The standard InChI is InChI=1S/C49H85N13O9/c1-6-7-8-9-10-14-17-41(63)55-40(29-53)49(71)59-36-21-25-54-42(64)37(26-30(2)3)60-44(66)34(19-23-51)56-43(65)33(18-22-50)58-47(69)38(27-31(4)5)61-48(70)39(28-32-15-12-11-13-16-32)62-45(67)35(20-24-52)57-46(36)68/h11-13,15-16,30-31,33-40H,6-10,14,17-29,50-53H2,1-5H3,(H,54,64)(H,55,63)(H,56,65)(H,57,68)(H,58,69)(H,59,71)(H,60,66)(H,61,70)(H,62,67)/t33-,34-,35-,36-,37-,38-,39+,40+/m0/s1. The minimum atomic E-state index is -1.43. The number of nitrogens with one attached hydrogen (secondary N) is 9. The smallest absolute Gasteiger partial charge is 0.244 e. The summed E-state index contributed by atoms with van der Waals surface area (Å²) in [6, 6.07) is -1.38. The van der Waals surface area contributed by atoms with Gasteiger partial charge in [0.15, 0.2) is 0 Å². The molecule has 1 aromatic rings. The monoisotopic (exact) mass is 1000 g/mol. The molecule has 2 rings (SSSR count). The molecule has 0 unspecified atom stereocenters. The van der Waals surface area contributed by atoms with E-state index in [1.807, 2.05) is 27.7 Å². The number of amides is 9. The molecule has 0 aromatic heterocycles. The maximum atomic E-state index is 14.3. The highest BCUT2D eigenvalue weighted by Gasteiger charge is 2.35. The van der Waals surface area contributed by atoms with E-state index in [-0.39, 0.29) is 95.9 Å². The first-order chi connectivity index (χ1) is 33.9. The minimum Gasteiger partial charge on any atom is -0.354 e. The quantitative estimate of drug-likeness (QED) is 0.0555. The number of nitrogens with two attached hydrogens (primary N) is 4. The molecule has 0 spiro atoms. The molecule has 22 nitrogen and oxygen atoms in total. The molecule has 71 heavy (non-hydrogen) atoms. The van der Waals surface area contributed by atoms with E-state index in [9.17, 15) is 43.2 Å². The summed E-state index contributed by atoms with van der Waals surface area (Å²) in [6.07, 6.45) is 5.65. The lowest BCUT2D eigenvalue weighted by Crippen LogP contribution is -2.61. The molecule has 1 fully saturated rings. The third kappa shape index (κ3) is 23.4.